The molecule has 1 heterocycles. The Morgan fingerprint density at radius 2 is 2.29 bits per heavy atom. The molecule has 3 heteroatoms. The molecular weight excluding hydrogens is 176 g/mol. The second-order valence-corrected chi connectivity index (χ2v) is 4.34. The first-order valence-corrected chi connectivity index (χ1v) is 5.58. The Morgan fingerprint density at radius 1 is 1.64 bits per heavy atom. The Hall–Kier alpha value is -0.570. The highest BCUT2D eigenvalue weighted by Gasteiger charge is 2.32. The van der Waals surface area contributed by atoms with Gasteiger partial charge in [0.05, 0.1) is 5.92 Å². The van der Waals surface area contributed by atoms with Gasteiger partial charge in [-0.2, -0.15) is 0 Å². The fourth-order valence-electron chi connectivity index (χ4n) is 1.95. The highest BCUT2D eigenvalue weighted by Crippen LogP contribution is 2.19. The number of rotatable bonds is 3. The maximum atomic E-state index is 12.0. The molecule has 82 valence electrons. The van der Waals surface area contributed by atoms with Crippen LogP contribution in [0, 0.1) is 5.92 Å². The number of carbonyl (C=O) groups is 1. The van der Waals surface area contributed by atoms with E-state index in [9.17, 15) is 4.79 Å². The average molecular weight is 198 g/mol. The van der Waals surface area contributed by atoms with E-state index < -0.39 is 0 Å². The molecule has 3 nitrogen and oxygen atoms in total. The lowest BCUT2D eigenvalue weighted by molar-refractivity contribution is -0.136. The Morgan fingerprint density at radius 3 is 2.71 bits per heavy atom. The van der Waals surface area contributed by atoms with Gasteiger partial charge in [-0.25, -0.2) is 0 Å². The molecule has 14 heavy (non-hydrogen) atoms. The van der Waals surface area contributed by atoms with Crippen molar-refractivity contribution in [1.82, 2.24) is 10.2 Å². The molecule has 1 aliphatic heterocycles. The molecule has 0 bridgehead atoms. The lowest BCUT2D eigenvalue weighted by Crippen LogP contribution is -2.42. The number of nitrogens with zero attached hydrogens (tertiary/aromatic N) is 1. The first kappa shape index (κ1) is 11.5. The van der Waals surface area contributed by atoms with Gasteiger partial charge >= 0.3 is 0 Å². The molecule has 0 aromatic carbocycles. The molecule has 0 radical (unpaired) electrons. The van der Waals surface area contributed by atoms with Crippen LogP contribution in [0.2, 0.25) is 0 Å². The summed E-state index contributed by atoms with van der Waals surface area (Å²) >= 11 is 0. The number of amides is 1. The zero-order valence-electron chi connectivity index (χ0n) is 9.71. The first-order chi connectivity index (χ1) is 6.57. The first-order valence-electron chi connectivity index (χ1n) is 5.58. The van der Waals surface area contributed by atoms with Crippen molar-refractivity contribution in [2.75, 3.05) is 13.6 Å². The van der Waals surface area contributed by atoms with Crippen molar-refractivity contribution < 1.29 is 4.79 Å². The van der Waals surface area contributed by atoms with Crippen LogP contribution in [0.15, 0.2) is 0 Å². The third kappa shape index (κ3) is 2.27. The molecule has 3 unspecified atom stereocenters. The van der Waals surface area contributed by atoms with Gasteiger partial charge in [0.15, 0.2) is 0 Å². The van der Waals surface area contributed by atoms with Gasteiger partial charge in [0.2, 0.25) is 5.91 Å². The van der Waals surface area contributed by atoms with Gasteiger partial charge in [-0.1, -0.05) is 6.92 Å². The minimum Gasteiger partial charge on any atom is -0.343 e. The fraction of sp³-hybridized carbons (Fsp3) is 0.909. The molecule has 1 rings (SSSR count). The zero-order chi connectivity index (χ0) is 10.7. The van der Waals surface area contributed by atoms with E-state index in [0.29, 0.717) is 18.0 Å². The van der Waals surface area contributed by atoms with Crippen LogP contribution in [-0.4, -0.2) is 36.5 Å². The summed E-state index contributed by atoms with van der Waals surface area (Å²) in [5, 5.41) is 3.31. The van der Waals surface area contributed by atoms with Gasteiger partial charge < -0.3 is 10.2 Å². The lowest BCUT2D eigenvalue weighted by atomic mass is 9.99. The molecule has 0 aromatic heterocycles. The molecule has 0 spiro atoms. The van der Waals surface area contributed by atoms with Crippen molar-refractivity contribution in [1.29, 1.82) is 0 Å². The average Bonchev–Trinajstić information content (AvgIpc) is 2.61. The van der Waals surface area contributed by atoms with Gasteiger partial charge in [-0.15, -0.1) is 0 Å². The Bertz CT molecular complexity index is 205. The third-order valence-electron chi connectivity index (χ3n) is 3.44. The van der Waals surface area contributed by atoms with E-state index in [2.05, 4.69) is 26.1 Å². The molecule has 3 atom stereocenters. The summed E-state index contributed by atoms with van der Waals surface area (Å²) in [6.07, 6.45) is 2.01. The summed E-state index contributed by atoms with van der Waals surface area (Å²) in [4.78, 5) is 13.9. The van der Waals surface area contributed by atoms with Crippen molar-refractivity contribution in [3.63, 3.8) is 0 Å². The van der Waals surface area contributed by atoms with E-state index in [0.717, 1.165) is 19.4 Å². The summed E-state index contributed by atoms with van der Waals surface area (Å²) in [7, 11) is 1.92. The Balaban J connectivity index is 2.55. The van der Waals surface area contributed by atoms with Crippen molar-refractivity contribution in [3.8, 4) is 0 Å². The minimum absolute atomic E-state index is 0.189. The van der Waals surface area contributed by atoms with Gasteiger partial charge in [-0.3, -0.25) is 4.79 Å². The van der Waals surface area contributed by atoms with E-state index in [1.165, 1.54) is 0 Å². The van der Waals surface area contributed by atoms with Crippen LogP contribution in [0.1, 0.15) is 33.6 Å². The Kier molecular flexibility index (Phi) is 3.93. The molecule has 0 saturated carbocycles. The summed E-state index contributed by atoms with van der Waals surface area (Å²) in [5.74, 6) is 0.492. The summed E-state index contributed by atoms with van der Waals surface area (Å²) in [5.41, 5.74) is 0. The largest absolute Gasteiger partial charge is 0.343 e. The normalized spacial score (nSPS) is 28.9. The van der Waals surface area contributed by atoms with Gasteiger partial charge in [0.1, 0.15) is 0 Å². The van der Waals surface area contributed by atoms with E-state index >= 15 is 0 Å². The quantitative estimate of drug-likeness (QED) is 0.740. The van der Waals surface area contributed by atoms with Crippen LogP contribution in [-0.2, 0) is 4.79 Å². The van der Waals surface area contributed by atoms with Crippen molar-refractivity contribution >= 4 is 5.91 Å². The topological polar surface area (TPSA) is 32.3 Å². The maximum absolute atomic E-state index is 12.0. The van der Waals surface area contributed by atoms with Crippen LogP contribution >= 0.6 is 0 Å². The second-order valence-electron chi connectivity index (χ2n) is 4.34. The molecule has 0 aliphatic carbocycles. The van der Waals surface area contributed by atoms with E-state index in [1.54, 1.807) is 0 Å². The van der Waals surface area contributed by atoms with Crippen molar-refractivity contribution in [2.24, 2.45) is 5.92 Å². The molecular formula is C11H22N2O. The summed E-state index contributed by atoms with van der Waals surface area (Å²) < 4.78 is 0. The fourth-order valence-corrected chi connectivity index (χ4v) is 1.95. The van der Waals surface area contributed by atoms with Crippen LogP contribution in [0.5, 0.6) is 0 Å². The second kappa shape index (κ2) is 4.78. The van der Waals surface area contributed by atoms with Crippen LogP contribution in [0.25, 0.3) is 0 Å². The summed E-state index contributed by atoms with van der Waals surface area (Å²) in [6, 6.07) is 0.698. The standard InChI is InChI=1S/C11H22N2O/c1-5-8(2)13(4)11(14)10-6-7-12-9(10)3/h8-10,12H,5-7H2,1-4H3. The lowest BCUT2D eigenvalue weighted by Gasteiger charge is -2.28. The number of carbonyl (C=O) groups excluding carboxylic acids is 1. The molecule has 1 amide bonds. The minimum atomic E-state index is 0.189. The van der Waals surface area contributed by atoms with Gasteiger partial charge in [-0.05, 0) is 33.2 Å². The maximum Gasteiger partial charge on any atom is 0.227 e. The summed E-state index contributed by atoms with van der Waals surface area (Å²) in [6.45, 7) is 7.29. The van der Waals surface area contributed by atoms with Crippen LogP contribution in [0.4, 0.5) is 0 Å². The monoisotopic (exact) mass is 198 g/mol. The van der Waals surface area contributed by atoms with E-state index in [4.69, 9.17) is 0 Å². The van der Waals surface area contributed by atoms with Crippen molar-refractivity contribution in [3.05, 3.63) is 0 Å². The molecule has 1 aliphatic rings. The predicted octanol–water partition coefficient (Wildman–Crippen LogP) is 1.24. The van der Waals surface area contributed by atoms with Crippen molar-refractivity contribution in [2.45, 2.75) is 45.7 Å². The molecule has 1 saturated heterocycles. The molecule has 1 fully saturated rings. The molecule has 0 aromatic rings. The number of nitrogens with one attached hydrogen (secondary N) is 1. The third-order valence-corrected chi connectivity index (χ3v) is 3.44. The van der Waals surface area contributed by atoms with Gasteiger partial charge in [0.25, 0.3) is 0 Å². The highest BCUT2D eigenvalue weighted by atomic mass is 16.2. The van der Waals surface area contributed by atoms with Gasteiger partial charge in [0, 0.05) is 19.1 Å². The zero-order valence-corrected chi connectivity index (χ0v) is 9.71. The number of hydrogen-bond donors (Lipinski definition) is 1. The van der Waals surface area contributed by atoms with Crippen LogP contribution < -0.4 is 5.32 Å². The number of hydrogen-bond acceptors (Lipinski definition) is 2. The Labute approximate surface area is 86.9 Å². The SMILES string of the molecule is CCC(C)N(C)C(=O)C1CCNC1C. The smallest absolute Gasteiger partial charge is 0.227 e. The molecule has 1 N–H and O–H groups in total. The van der Waals surface area contributed by atoms with E-state index in [-0.39, 0.29) is 5.92 Å². The van der Waals surface area contributed by atoms with E-state index in [1.807, 2.05) is 11.9 Å². The predicted molar refractivity (Wildman–Crippen MR) is 58.1 cm³/mol. The highest BCUT2D eigenvalue weighted by molar-refractivity contribution is 5.79. The van der Waals surface area contributed by atoms with Crippen LogP contribution in [0.3, 0.4) is 0 Å².